The van der Waals surface area contributed by atoms with Crippen LogP contribution >= 0.6 is 23.1 Å². The molecule has 1 aromatic heterocycles. The number of hydrazine groups is 1. The molecule has 1 heterocycles. The Morgan fingerprint density at radius 3 is 2.71 bits per heavy atom. The van der Waals surface area contributed by atoms with Gasteiger partial charge in [-0.2, -0.15) is 0 Å². The van der Waals surface area contributed by atoms with Gasteiger partial charge in [0.15, 0.2) is 4.34 Å². The van der Waals surface area contributed by atoms with Crippen molar-refractivity contribution in [3.05, 3.63) is 24.3 Å². The van der Waals surface area contributed by atoms with E-state index in [0.29, 0.717) is 21.6 Å². The van der Waals surface area contributed by atoms with E-state index >= 15 is 0 Å². The molecule has 31 heavy (non-hydrogen) atoms. The van der Waals surface area contributed by atoms with Crippen molar-refractivity contribution in [3.63, 3.8) is 0 Å². The van der Waals surface area contributed by atoms with Gasteiger partial charge in [-0.15, -0.1) is 10.2 Å². The summed E-state index contributed by atoms with van der Waals surface area (Å²) in [6.07, 6.45) is 0.644. The lowest BCUT2D eigenvalue weighted by Crippen LogP contribution is -2.55. The lowest BCUT2D eigenvalue weighted by molar-refractivity contribution is -0.129. The van der Waals surface area contributed by atoms with Crippen molar-refractivity contribution in [2.75, 3.05) is 18.2 Å². The highest BCUT2D eigenvalue weighted by atomic mass is 32.2. The topological polar surface area (TPSA) is 160 Å². The van der Waals surface area contributed by atoms with Gasteiger partial charge in [0.25, 0.3) is 5.91 Å². The molecule has 1 aromatic carbocycles. The molecule has 0 saturated heterocycles. The van der Waals surface area contributed by atoms with E-state index in [1.54, 1.807) is 14.0 Å². The third-order valence-electron chi connectivity index (χ3n) is 4.17. The van der Waals surface area contributed by atoms with Crippen molar-refractivity contribution in [1.29, 1.82) is 0 Å². The third-order valence-corrected chi connectivity index (χ3v) is 6.14. The maximum Gasteiger partial charge on any atom is 0.312 e. The Labute approximate surface area is 187 Å². The van der Waals surface area contributed by atoms with Crippen molar-refractivity contribution in [1.82, 2.24) is 26.4 Å². The van der Waals surface area contributed by atoms with Crippen LogP contribution in [0.3, 0.4) is 0 Å². The zero-order chi connectivity index (χ0) is 22.8. The lowest BCUT2D eigenvalue weighted by Gasteiger charge is -2.22. The van der Waals surface area contributed by atoms with Gasteiger partial charge >= 0.3 is 6.03 Å². The van der Waals surface area contributed by atoms with Crippen molar-refractivity contribution in [2.45, 2.75) is 30.6 Å². The van der Waals surface area contributed by atoms with E-state index in [0.717, 1.165) is 5.69 Å². The van der Waals surface area contributed by atoms with Crippen molar-refractivity contribution >= 4 is 51.8 Å². The van der Waals surface area contributed by atoms with Crippen molar-refractivity contribution in [2.24, 2.45) is 11.7 Å². The van der Waals surface area contributed by atoms with E-state index in [1.165, 1.54) is 23.1 Å². The van der Waals surface area contributed by atoms with Crippen LogP contribution in [-0.4, -0.2) is 46.9 Å². The molecule has 13 heteroatoms. The quantitative estimate of drug-likeness (QED) is 0.260. The standard InChI is InChI=1S/C18H25N7O4S2/c1-4-10(2)14(21-16(19)28)15(27)23-22-13(26)9-30-18-25-24-17(31-18)20-11-6-5-7-12(8-11)29-3/h5-8,10,14H,4,9H2,1-3H3,(H,20,24)(H,22,26)(H,23,27)(H3,19,21,28)/t10-,14+/m1/s1. The molecular formula is C18H25N7O4S2. The zero-order valence-corrected chi connectivity index (χ0v) is 18.9. The Bertz CT molecular complexity index is 909. The van der Waals surface area contributed by atoms with Crippen LogP contribution in [0.1, 0.15) is 20.3 Å². The number of aromatic nitrogens is 2. The molecule has 4 amide bonds. The van der Waals surface area contributed by atoms with Crippen LogP contribution in [0, 0.1) is 5.92 Å². The van der Waals surface area contributed by atoms with Gasteiger partial charge in [0.2, 0.25) is 11.0 Å². The van der Waals surface area contributed by atoms with Crippen LogP contribution in [0.2, 0.25) is 0 Å². The van der Waals surface area contributed by atoms with Gasteiger partial charge < -0.3 is 21.1 Å². The minimum atomic E-state index is -0.844. The smallest absolute Gasteiger partial charge is 0.312 e. The lowest BCUT2D eigenvalue weighted by atomic mass is 9.99. The van der Waals surface area contributed by atoms with E-state index in [9.17, 15) is 14.4 Å². The maximum absolute atomic E-state index is 12.2. The minimum absolute atomic E-state index is 0.0192. The Morgan fingerprint density at radius 2 is 2.03 bits per heavy atom. The summed E-state index contributed by atoms with van der Waals surface area (Å²) >= 11 is 2.46. The van der Waals surface area contributed by atoms with Crippen LogP contribution < -0.4 is 32.0 Å². The van der Waals surface area contributed by atoms with Crippen molar-refractivity contribution in [3.8, 4) is 5.75 Å². The second-order valence-electron chi connectivity index (χ2n) is 6.43. The molecule has 0 unspecified atom stereocenters. The largest absolute Gasteiger partial charge is 0.497 e. The Hall–Kier alpha value is -3.06. The number of carbonyl (C=O) groups excluding carboxylic acids is 3. The third kappa shape index (κ3) is 7.94. The number of thioether (sulfide) groups is 1. The normalized spacial score (nSPS) is 12.4. The highest BCUT2D eigenvalue weighted by Crippen LogP contribution is 2.28. The van der Waals surface area contributed by atoms with E-state index in [2.05, 4.69) is 31.7 Å². The van der Waals surface area contributed by atoms with E-state index < -0.39 is 23.9 Å². The predicted molar refractivity (Wildman–Crippen MR) is 119 cm³/mol. The fourth-order valence-corrected chi connectivity index (χ4v) is 3.94. The molecule has 11 nitrogen and oxygen atoms in total. The fourth-order valence-electron chi connectivity index (χ4n) is 2.37. The van der Waals surface area contributed by atoms with Crippen molar-refractivity contribution < 1.29 is 19.1 Å². The number of carbonyl (C=O) groups is 3. The number of methoxy groups -OCH3 is 1. The molecule has 2 aromatic rings. The maximum atomic E-state index is 12.2. The fraction of sp³-hybridized carbons (Fsp3) is 0.389. The summed E-state index contributed by atoms with van der Waals surface area (Å²) < 4.78 is 5.76. The molecule has 0 fully saturated rings. The van der Waals surface area contributed by atoms with E-state index in [1.807, 2.05) is 31.2 Å². The minimum Gasteiger partial charge on any atom is -0.497 e. The number of hydrogen-bond donors (Lipinski definition) is 5. The number of primary amides is 1. The van der Waals surface area contributed by atoms with Crippen LogP contribution in [0.4, 0.5) is 15.6 Å². The number of amides is 4. The average molecular weight is 468 g/mol. The molecule has 6 N–H and O–H groups in total. The van der Waals surface area contributed by atoms with Gasteiger partial charge in [-0.05, 0) is 18.1 Å². The average Bonchev–Trinajstić information content (AvgIpc) is 3.21. The SMILES string of the molecule is CC[C@@H](C)[C@H](NC(N)=O)C(=O)NNC(=O)CSc1nnc(Nc2cccc(OC)c2)s1. The van der Waals surface area contributed by atoms with Crippen LogP contribution in [0.25, 0.3) is 0 Å². The number of urea groups is 1. The molecule has 0 radical (unpaired) electrons. The summed E-state index contributed by atoms with van der Waals surface area (Å²) in [6, 6.07) is 5.72. The monoisotopic (exact) mass is 467 g/mol. The Balaban J connectivity index is 1.80. The summed E-state index contributed by atoms with van der Waals surface area (Å²) in [5.41, 5.74) is 10.5. The number of benzene rings is 1. The van der Waals surface area contributed by atoms with Gasteiger partial charge in [0.1, 0.15) is 11.8 Å². The zero-order valence-electron chi connectivity index (χ0n) is 17.3. The second kappa shape index (κ2) is 12.0. The summed E-state index contributed by atoms with van der Waals surface area (Å²) in [5.74, 6) is -0.407. The van der Waals surface area contributed by atoms with Gasteiger partial charge in [-0.25, -0.2) is 4.79 Å². The van der Waals surface area contributed by atoms with Crippen LogP contribution in [-0.2, 0) is 9.59 Å². The number of anilines is 2. The second-order valence-corrected chi connectivity index (χ2v) is 8.63. The first-order chi connectivity index (χ1) is 14.8. The molecule has 168 valence electrons. The van der Waals surface area contributed by atoms with Gasteiger partial charge in [-0.3, -0.25) is 20.4 Å². The molecule has 0 bridgehead atoms. The van der Waals surface area contributed by atoms with Gasteiger partial charge in [-0.1, -0.05) is 49.4 Å². The van der Waals surface area contributed by atoms with Gasteiger partial charge in [0, 0.05) is 11.8 Å². The molecule has 0 aliphatic heterocycles. The molecule has 0 aliphatic carbocycles. The van der Waals surface area contributed by atoms with E-state index in [4.69, 9.17) is 10.5 Å². The first-order valence-electron chi connectivity index (χ1n) is 9.34. The highest BCUT2D eigenvalue weighted by molar-refractivity contribution is 8.01. The number of rotatable bonds is 10. The van der Waals surface area contributed by atoms with Crippen LogP contribution in [0.15, 0.2) is 28.6 Å². The first-order valence-corrected chi connectivity index (χ1v) is 11.1. The summed E-state index contributed by atoms with van der Waals surface area (Å²) in [5, 5.41) is 14.1. The van der Waals surface area contributed by atoms with Gasteiger partial charge in [0.05, 0.1) is 12.9 Å². The molecule has 2 atom stereocenters. The highest BCUT2D eigenvalue weighted by Gasteiger charge is 2.25. The summed E-state index contributed by atoms with van der Waals surface area (Å²) in [6.45, 7) is 3.67. The number of hydrogen-bond acceptors (Lipinski definition) is 9. The summed E-state index contributed by atoms with van der Waals surface area (Å²) in [7, 11) is 1.59. The number of nitrogens with one attached hydrogen (secondary N) is 4. The number of nitrogens with zero attached hydrogens (tertiary/aromatic N) is 2. The van der Waals surface area contributed by atoms with Crippen LogP contribution in [0.5, 0.6) is 5.75 Å². The number of nitrogens with two attached hydrogens (primary N) is 1. The molecular weight excluding hydrogens is 442 g/mol. The van der Waals surface area contributed by atoms with E-state index in [-0.39, 0.29) is 11.7 Å². The Kier molecular flexibility index (Phi) is 9.34. The Morgan fingerprint density at radius 1 is 1.26 bits per heavy atom. The predicted octanol–water partition coefficient (Wildman–Crippen LogP) is 1.61. The number of ether oxygens (including phenoxy) is 1. The molecule has 0 spiro atoms. The summed E-state index contributed by atoms with van der Waals surface area (Å²) in [4.78, 5) is 35.4. The molecule has 0 aliphatic rings. The molecule has 0 saturated carbocycles. The molecule has 2 rings (SSSR count). The first kappa shape index (κ1) is 24.2.